The van der Waals surface area contributed by atoms with Crippen LogP contribution < -0.4 is 0 Å². The molecule has 5 heteroatoms. The first-order valence-corrected chi connectivity index (χ1v) is 7.84. The van der Waals surface area contributed by atoms with Crippen LogP contribution >= 0.6 is 0 Å². The Labute approximate surface area is 124 Å². The highest BCUT2D eigenvalue weighted by Gasteiger charge is 2.57. The van der Waals surface area contributed by atoms with Crippen molar-refractivity contribution in [1.82, 2.24) is 4.90 Å². The molecule has 0 aromatic rings. The van der Waals surface area contributed by atoms with Crippen LogP contribution in [0.2, 0.25) is 0 Å². The summed E-state index contributed by atoms with van der Waals surface area (Å²) in [6, 6.07) is 0. The van der Waals surface area contributed by atoms with Crippen LogP contribution in [-0.4, -0.2) is 41.1 Å². The summed E-state index contributed by atoms with van der Waals surface area (Å²) in [4.78, 5) is 26.3. The second-order valence-corrected chi connectivity index (χ2v) is 6.53. The molecule has 1 fully saturated rings. The van der Waals surface area contributed by atoms with Crippen molar-refractivity contribution >= 4 is 11.9 Å². The molecule has 0 unspecified atom stereocenters. The molecule has 5 nitrogen and oxygen atoms in total. The molecule has 21 heavy (non-hydrogen) atoms. The Balaban J connectivity index is 2.11. The van der Waals surface area contributed by atoms with Crippen molar-refractivity contribution in [3.63, 3.8) is 0 Å². The largest absolute Gasteiger partial charge is 0.466 e. The lowest BCUT2D eigenvalue weighted by Gasteiger charge is -2.53. The summed E-state index contributed by atoms with van der Waals surface area (Å²) in [7, 11) is 1.21. The van der Waals surface area contributed by atoms with Crippen molar-refractivity contribution in [2.45, 2.75) is 57.5 Å². The van der Waals surface area contributed by atoms with Gasteiger partial charge < -0.3 is 14.7 Å². The van der Waals surface area contributed by atoms with E-state index in [1.807, 2.05) is 0 Å². The summed E-state index contributed by atoms with van der Waals surface area (Å²) in [5.41, 5.74) is 0.233. The average Bonchev–Trinajstić information content (AvgIpc) is 2.51. The lowest BCUT2D eigenvalue weighted by Crippen LogP contribution is -2.61. The molecule has 1 amide bonds. The Hall–Kier alpha value is -1.36. The Morgan fingerprint density at radius 3 is 2.76 bits per heavy atom. The smallest absolute Gasteiger partial charge is 0.348 e. The minimum atomic E-state index is -2.03. The molecule has 0 saturated carbocycles. The maximum atomic E-state index is 12.7. The molecule has 0 aromatic heterocycles. The van der Waals surface area contributed by atoms with Crippen molar-refractivity contribution in [2.75, 3.05) is 13.7 Å². The molecule has 0 bridgehead atoms. The molecule has 0 radical (unpaired) electrons. The SMILES string of the molecule is CC[C@@]12CCCC3=C1N(CCC2)C(=O)[C@@](O)(C(=O)OC)C3. The molecule has 2 atom stereocenters. The lowest BCUT2D eigenvalue weighted by atomic mass is 9.63. The molecule has 1 saturated heterocycles. The monoisotopic (exact) mass is 293 g/mol. The summed E-state index contributed by atoms with van der Waals surface area (Å²) in [6.45, 7) is 2.77. The zero-order valence-electron chi connectivity index (χ0n) is 12.8. The van der Waals surface area contributed by atoms with E-state index in [9.17, 15) is 14.7 Å². The number of carbonyl (C=O) groups excluding carboxylic acids is 2. The van der Waals surface area contributed by atoms with E-state index in [1.165, 1.54) is 7.11 Å². The Morgan fingerprint density at radius 2 is 2.10 bits per heavy atom. The Kier molecular flexibility index (Phi) is 3.35. The molecule has 0 aromatic carbocycles. The third-order valence-electron chi connectivity index (χ3n) is 5.55. The summed E-state index contributed by atoms with van der Waals surface area (Å²) in [5, 5.41) is 10.6. The fraction of sp³-hybridized carbons (Fsp3) is 0.750. The van der Waals surface area contributed by atoms with Gasteiger partial charge >= 0.3 is 5.97 Å². The van der Waals surface area contributed by atoms with Gasteiger partial charge in [0.25, 0.3) is 5.91 Å². The number of nitrogens with zero attached hydrogens (tertiary/aromatic N) is 1. The first-order chi connectivity index (χ1) is 9.98. The van der Waals surface area contributed by atoms with Crippen molar-refractivity contribution in [2.24, 2.45) is 5.41 Å². The summed E-state index contributed by atoms with van der Waals surface area (Å²) in [6.07, 6.45) is 6.16. The number of rotatable bonds is 2. The molecule has 1 N–H and O–H groups in total. The van der Waals surface area contributed by atoms with E-state index in [0.29, 0.717) is 6.54 Å². The first kappa shape index (κ1) is 14.6. The Bertz CT molecular complexity index is 526. The van der Waals surface area contributed by atoms with Gasteiger partial charge in [0.05, 0.1) is 7.11 Å². The van der Waals surface area contributed by atoms with Crippen LogP contribution in [0, 0.1) is 5.41 Å². The topological polar surface area (TPSA) is 66.8 Å². The molecule has 2 aliphatic heterocycles. The van der Waals surface area contributed by atoms with E-state index >= 15 is 0 Å². The van der Waals surface area contributed by atoms with Gasteiger partial charge in [-0.05, 0) is 44.1 Å². The molecule has 1 aliphatic carbocycles. The van der Waals surface area contributed by atoms with E-state index in [2.05, 4.69) is 11.7 Å². The zero-order chi connectivity index (χ0) is 15.3. The summed E-state index contributed by atoms with van der Waals surface area (Å²) < 4.78 is 4.67. The number of aliphatic hydroxyl groups is 1. The highest BCUT2D eigenvalue weighted by molar-refractivity contribution is 6.07. The predicted molar refractivity (Wildman–Crippen MR) is 76.1 cm³/mol. The number of esters is 1. The summed E-state index contributed by atoms with van der Waals surface area (Å²) >= 11 is 0. The maximum absolute atomic E-state index is 12.7. The van der Waals surface area contributed by atoms with Crippen LogP contribution in [-0.2, 0) is 14.3 Å². The van der Waals surface area contributed by atoms with Crippen molar-refractivity contribution in [3.05, 3.63) is 11.3 Å². The fourth-order valence-electron chi connectivity index (χ4n) is 4.49. The number of carbonyl (C=O) groups is 2. The third-order valence-corrected chi connectivity index (χ3v) is 5.55. The van der Waals surface area contributed by atoms with Gasteiger partial charge in [0.15, 0.2) is 0 Å². The second-order valence-electron chi connectivity index (χ2n) is 6.53. The highest BCUT2D eigenvalue weighted by Crippen LogP contribution is 2.54. The van der Waals surface area contributed by atoms with Gasteiger partial charge in [-0.15, -0.1) is 0 Å². The first-order valence-electron chi connectivity index (χ1n) is 7.84. The highest BCUT2D eigenvalue weighted by atomic mass is 16.5. The van der Waals surface area contributed by atoms with Gasteiger partial charge in [-0.1, -0.05) is 6.92 Å². The molecule has 2 heterocycles. The van der Waals surface area contributed by atoms with Crippen LogP contribution in [0.3, 0.4) is 0 Å². The van der Waals surface area contributed by atoms with Gasteiger partial charge in [-0.2, -0.15) is 0 Å². The molecule has 116 valence electrons. The molecule has 0 spiro atoms. The van der Waals surface area contributed by atoms with Gasteiger partial charge in [0.2, 0.25) is 5.60 Å². The molecular weight excluding hydrogens is 270 g/mol. The third kappa shape index (κ3) is 1.86. The number of ether oxygens (including phenoxy) is 1. The van der Waals surface area contributed by atoms with Gasteiger partial charge in [0.1, 0.15) is 0 Å². The van der Waals surface area contributed by atoms with Crippen molar-refractivity contribution in [1.29, 1.82) is 0 Å². The predicted octanol–water partition coefficient (Wildman–Crippen LogP) is 1.75. The van der Waals surface area contributed by atoms with Crippen LogP contribution in [0.1, 0.15) is 51.9 Å². The number of hydrogen-bond acceptors (Lipinski definition) is 4. The van der Waals surface area contributed by atoms with Gasteiger partial charge in [-0.25, -0.2) is 4.79 Å². The number of methoxy groups -OCH3 is 1. The van der Waals surface area contributed by atoms with E-state index in [4.69, 9.17) is 0 Å². The van der Waals surface area contributed by atoms with Crippen LogP contribution in [0.4, 0.5) is 0 Å². The number of piperidine rings is 1. The normalized spacial score (nSPS) is 35.6. The minimum absolute atomic E-state index is 0.0684. The standard InChI is InChI=1S/C16H23NO4/c1-3-15-7-4-6-11-10-16(20,14(19)21-2)13(18)17(12(11)15)9-5-8-15/h20H,3-10H2,1-2H3/t15-,16+/m0/s1. The van der Waals surface area contributed by atoms with Crippen LogP contribution in [0.5, 0.6) is 0 Å². The summed E-state index contributed by atoms with van der Waals surface area (Å²) in [5.74, 6) is -1.33. The fourth-order valence-corrected chi connectivity index (χ4v) is 4.49. The van der Waals surface area contributed by atoms with E-state index < -0.39 is 17.5 Å². The number of allylic oxidation sites excluding steroid dienone is 1. The van der Waals surface area contributed by atoms with Crippen molar-refractivity contribution < 1.29 is 19.4 Å². The molecule has 3 rings (SSSR count). The van der Waals surface area contributed by atoms with E-state index in [-0.39, 0.29) is 11.8 Å². The van der Waals surface area contributed by atoms with E-state index in [0.717, 1.165) is 49.8 Å². The zero-order valence-corrected chi connectivity index (χ0v) is 12.8. The van der Waals surface area contributed by atoms with Crippen molar-refractivity contribution in [3.8, 4) is 0 Å². The van der Waals surface area contributed by atoms with Crippen LogP contribution in [0.25, 0.3) is 0 Å². The molecular formula is C16H23NO4. The quantitative estimate of drug-likeness (QED) is 0.622. The second kappa shape index (κ2) is 4.83. The molecule has 3 aliphatic rings. The van der Waals surface area contributed by atoms with Gasteiger partial charge in [0, 0.05) is 24.1 Å². The minimum Gasteiger partial charge on any atom is -0.466 e. The Morgan fingerprint density at radius 1 is 1.38 bits per heavy atom. The van der Waals surface area contributed by atoms with Crippen LogP contribution in [0.15, 0.2) is 11.3 Å². The number of hydrogen-bond donors (Lipinski definition) is 1. The van der Waals surface area contributed by atoms with E-state index in [1.54, 1.807) is 4.90 Å². The average molecular weight is 293 g/mol. The number of amides is 1. The van der Waals surface area contributed by atoms with Gasteiger partial charge in [-0.3, -0.25) is 4.79 Å². The lowest BCUT2D eigenvalue weighted by molar-refractivity contribution is -0.176. The maximum Gasteiger partial charge on any atom is 0.348 e.